The van der Waals surface area contributed by atoms with Gasteiger partial charge in [0.2, 0.25) is 5.91 Å². The Kier molecular flexibility index (Phi) is 63.0. The Bertz CT molecular complexity index is 1980. The van der Waals surface area contributed by atoms with Gasteiger partial charge in [-0.1, -0.05) is 320 Å². The summed E-state index contributed by atoms with van der Waals surface area (Å²) in [5.41, 5.74) is 0. The highest BCUT2D eigenvalue weighted by Crippen LogP contribution is 2.23. The predicted octanol–water partition coefficient (Wildman–Crippen LogP) is 20.7. The van der Waals surface area contributed by atoms with Crippen molar-refractivity contribution in [3.05, 3.63) is 158 Å². The molecule has 1 saturated heterocycles. The molecule has 7 atom stereocenters. The average molecular weight is 1250 g/mol. The lowest BCUT2D eigenvalue weighted by molar-refractivity contribution is -0.302. The molecule has 1 aliphatic rings. The third kappa shape index (κ3) is 55.4. The van der Waals surface area contributed by atoms with Crippen molar-refractivity contribution in [1.82, 2.24) is 5.32 Å². The average Bonchev–Trinajstić information content (AvgIpc) is 2.75. The Balaban J connectivity index is 2.19. The summed E-state index contributed by atoms with van der Waals surface area (Å²) in [6.45, 7) is 3.65. The number of nitrogens with one attached hydrogen (secondary N) is 1. The van der Waals surface area contributed by atoms with Crippen molar-refractivity contribution < 1.29 is 39.8 Å². The summed E-state index contributed by atoms with van der Waals surface area (Å²) < 4.78 is 11.3. The van der Waals surface area contributed by atoms with E-state index in [2.05, 4.69) is 165 Å². The van der Waals surface area contributed by atoms with E-state index in [1.807, 2.05) is 6.08 Å². The summed E-state index contributed by atoms with van der Waals surface area (Å²) in [5, 5.41) is 54.8. The highest BCUT2D eigenvalue weighted by Gasteiger charge is 2.44. The first kappa shape index (κ1) is 83.8. The Morgan fingerprint density at radius 1 is 0.389 bits per heavy atom. The first-order valence-corrected chi connectivity index (χ1v) is 36.7. The molecule has 1 amide bonds. The van der Waals surface area contributed by atoms with Crippen molar-refractivity contribution in [2.45, 2.75) is 333 Å². The molecule has 1 aliphatic heterocycles. The van der Waals surface area contributed by atoms with Crippen LogP contribution in [0.5, 0.6) is 0 Å². The molecule has 1 fully saturated rings. The van der Waals surface area contributed by atoms with Crippen molar-refractivity contribution in [2.75, 3.05) is 13.2 Å². The highest BCUT2D eigenvalue weighted by molar-refractivity contribution is 5.76. The van der Waals surface area contributed by atoms with Crippen LogP contribution in [0.2, 0.25) is 0 Å². The van der Waals surface area contributed by atoms with E-state index in [9.17, 15) is 30.3 Å². The van der Waals surface area contributed by atoms with Crippen LogP contribution in [0.25, 0.3) is 0 Å². The predicted molar refractivity (Wildman–Crippen MR) is 386 cm³/mol. The number of unbranched alkanes of at least 4 members (excludes halogenated alkanes) is 28. The molecule has 9 nitrogen and oxygen atoms in total. The van der Waals surface area contributed by atoms with E-state index in [1.54, 1.807) is 6.08 Å². The number of allylic oxidation sites excluding steroid dienone is 25. The van der Waals surface area contributed by atoms with E-state index in [1.165, 1.54) is 141 Å². The van der Waals surface area contributed by atoms with Gasteiger partial charge in [0.1, 0.15) is 24.4 Å². The number of rotatable bonds is 62. The molecule has 9 heteroatoms. The SMILES string of the molecule is CC/C=C\C/C=C\C/C=C\C/C=C\C/C=C\C/C=C\C/C=C\C/C=C\C/C=C\C/C=C\CCCCCCCCCCC(=O)NC(COC1OC(CO)C(O)C(O)C1O)C(O)/C=C/CC/C=C/CC/C=C/CCCCCCCCCCCCCCCCCCCC. The van der Waals surface area contributed by atoms with Crippen LogP contribution in [0.1, 0.15) is 290 Å². The second-order valence-corrected chi connectivity index (χ2v) is 24.6. The summed E-state index contributed by atoms with van der Waals surface area (Å²) >= 11 is 0. The van der Waals surface area contributed by atoms with Gasteiger partial charge in [-0.2, -0.15) is 0 Å². The van der Waals surface area contributed by atoms with Gasteiger partial charge in [-0.25, -0.2) is 0 Å². The highest BCUT2D eigenvalue weighted by atomic mass is 16.7. The second kappa shape index (κ2) is 67.7. The summed E-state index contributed by atoms with van der Waals surface area (Å²) in [5.74, 6) is -0.204. The molecule has 0 aromatic heterocycles. The normalized spacial score (nSPS) is 18.8. The van der Waals surface area contributed by atoms with Gasteiger partial charge in [-0.05, 0) is 122 Å². The summed E-state index contributed by atoms with van der Waals surface area (Å²) in [7, 11) is 0. The van der Waals surface area contributed by atoms with E-state index in [0.29, 0.717) is 6.42 Å². The van der Waals surface area contributed by atoms with Gasteiger partial charge in [0.15, 0.2) is 6.29 Å². The Morgan fingerprint density at radius 3 is 1.07 bits per heavy atom. The van der Waals surface area contributed by atoms with Crippen LogP contribution in [0.15, 0.2) is 158 Å². The van der Waals surface area contributed by atoms with Crippen LogP contribution in [-0.4, -0.2) is 87.5 Å². The third-order valence-corrected chi connectivity index (χ3v) is 16.3. The van der Waals surface area contributed by atoms with Crippen molar-refractivity contribution >= 4 is 5.91 Å². The molecule has 0 radical (unpaired) electrons. The van der Waals surface area contributed by atoms with Gasteiger partial charge in [-0.3, -0.25) is 4.79 Å². The molecule has 0 saturated carbocycles. The van der Waals surface area contributed by atoms with E-state index < -0.39 is 49.5 Å². The maximum Gasteiger partial charge on any atom is 0.220 e. The van der Waals surface area contributed by atoms with Crippen molar-refractivity contribution in [2.24, 2.45) is 0 Å². The number of carbonyl (C=O) groups is 1. The van der Waals surface area contributed by atoms with Crippen LogP contribution in [0, 0.1) is 0 Å². The maximum absolute atomic E-state index is 13.1. The molecule has 1 rings (SSSR count). The zero-order valence-electron chi connectivity index (χ0n) is 57.3. The lowest BCUT2D eigenvalue weighted by Crippen LogP contribution is -2.60. The van der Waals surface area contributed by atoms with Crippen molar-refractivity contribution in [3.63, 3.8) is 0 Å². The number of hydrogen-bond acceptors (Lipinski definition) is 8. The zero-order valence-corrected chi connectivity index (χ0v) is 57.3. The van der Waals surface area contributed by atoms with Gasteiger partial charge >= 0.3 is 0 Å². The first-order chi connectivity index (χ1) is 44.3. The van der Waals surface area contributed by atoms with Crippen LogP contribution < -0.4 is 5.32 Å². The number of aliphatic hydroxyl groups is 5. The van der Waals surface area contributed by atoms with E-state index in [0.717, 1.165) is 128 Å². The molecule has 0 aliphatic carbocycles. The Morgan fingerprint density at radius 2 is 0.700 bits per heavy atom. The number of ether oxygens (including phenoxy) is 2. The molecular formula is C81H135NO8. The molecule has 0 aromatic carbocycles. The number of carbonyl (C=O) groups excluding carboxylic acids is 1. The van der Waals surface area contributed by atoms with Gasteiger partial charge < -0.3 is 40.3 Å². The molecule has 6 N–H and O–H groups in total. The lowest BCUT2D eigenvalue weighted by Gasteiger charge is -2.40. The van der Waals surface area contributed by atoms with Crippen molar-refractivity contribution in [3.8, 4) is 0 Å². The maximum atomic E-state index is 13.1. The minimum Gasteiger partial charge on any atom is -0.394 e. The fraction of sp³-hybridized carbons (Fsp3) is 0.667. The Hall–Kier alpha value is -4.19. The minimum atomic E-state index is -1.59. The molecule has 1 heterocycles. The van der Waals surface area contributed by atoms with Gasteiger partial charge in [-0.15, -0.1) is 0 Å². The minimum absolute atomic E-state index is 0.204. The van der Waals surface area contributed by atoms with Crippen LogP contribution in [0.3, 0.4) is 0 Å². The summed E-state index contributed by atoms with van der Waals surface area (Å²) in [4.78, 5) is 13.1. The molecule has 0 spiro atoms. The fourth-order valence-electron chi connectivity index (χ4n) is 10.6. The molecule has 90 heavy (non-hydrogen) atoms. The summed E-state index contributed by atoms with van der Waals surface area (Å²) in [6.07, 6.45) is 99.2. The molecular weight excluding hydrogens is 1110 g/mol. The quantitative estimate of drug-likeness (QED) is 0.0261. The monoisotopic (exact) mass is 1250 g/mol. The second-order valence-electron chi connectivity index (χ2n) is 24.6. The van der Waals surface area contributed by atoms with Crippen LogP contribution >= 0.6 is 0 Å². The number of amides is 1. The fourth-order valence-corrected chi connectivity index (χ4v) is 10.6. The standard InChI is InChI=1S/C81H135NO8/c1-3-5-7-9-11-13-15-17-19-21-23-25-27-29-31-33-34-35-36-37-38-39-40-41-42-43-45-47-49-51-53-55-57-59-61-63-65-67-69-71-77(85)82-74(73-89-81-80(88)79(87)78(86)76(72-83)90-81)75(84)70-68-66-64-62-60-58-56-54-52-50-48-46-44-32-30-28-26-24-22-20-18-16-14-12-10-8-6-4-2/h5,7,11,13,17,19,23,25,29,31,34-35,37-38,40-41,43,45,49,51-52,54,60,62,68,70,74-76,78-81,83-84,86-88H,3-4,6,8-10,12,14-16,18,20-22,24,26-28,30,32-33,36,39,42,44,46-48,50,53,55-59,61,63-67,69,71-73H2,1-2H3,(H,82,85)/b7-5-,13-11-,19-17-,25-23-,31-29-,35-34-,38-37-,41-40-,45-43-,51-49-,54-52+,62-60+,70-68+. The zero-order chi connectivity index (χ0) is 64.9. The van der Waals surface area contributed by atoms with Gasteiger partial charge in [0.25, 0.3) is 0 Å². The molecule has 0 aromatic rings. The third-order valence-electron chi connectivity index (χ3n) is 16.3. The molecule has 7 unspecified atom stereocenters. The van der Waals surface area contributed by atoms with Gasteiger partial charge in [0, 0.05) is 6.42 Å². The first-order valence-electron chi connectivity index (χ1n) is 36.7. The van der Waals surface area contributed by atoms with Crippen molar-refractivity contribution in [1.29, 1.82) is 0 Å². The number of hydrogen-bond donors (Lipinski definition) is 6. The Labute approximate surface area is 552 Å². The number of aliphatic hydroxyl groups excluding tert-OH is 5. The van der Waals surface area contributed by atoms with Gasteiger partial charge in [0.05, 0.1) is 25.4 Å². The summed E-state index contributed by atoms with van der Waals surface area (Å²) in [6, 6.07) is -0.846. The lowest BCUT2D eigenvalue weighted by atomic mass is 9.99. The molecule has 0 bridgehead atoms. The topological polar surface area (TPSA) is 149 Å². The van der Waals surface area contributed by atoms with Crippen LogP contribution in [-0.2, 0) is 14.3 Å². The largest absolute Gasteiger partial charge is 0.394 e. The van der Waals surface area contributed by atoms with E-state index >= 15 is 0 Å². The van der Waals surface area contributed by atoms with E-state index in [4.69, 9.17) is 9.47 Å². The smallest absolute Gasteiger partial charge is 0.220 e. The molecule has 512 valence electrons. The van der Waals surface area contributed by atoms with Crippen LogP contribution in [0.4, 0.5) is 0 Å². The van der Waals surface area contributed by atoms with E-state index in [-0.39, 0.29) is 12.5 Å².